The molecule has 2 aromatic rings. The van der Waals surface area contributed by atoms with Gasteiger partial charge in [-0.05, 0) is 42.8 Å². The maximum absolute atomic E-state index is 10.6. The minimum Gasteiger partial charge on any atom is -0.457 e. The van der Waals surface area contributed by atoms with Crippen molar-refractivity contribution < 1.29 is 9.21 Å². The predicted octanol–water partition coefficient (Wildman–Crippen LogP) is 3.52. The summed E-state index contributed by atoms with van der Waals surface area (Å²) in [5, 5.41) is 0. The summed E-state index contributed by atoms with van der Waals surface area (Å²) in [5.41, 5.74) is 7.17. The number of carbonyl (C=O) groups excluding carboxylic acids is 1. The number of hydrogen-bond donors (Lipinski definition) is 1. The molecule has 4 heteroatoms. The monoisotopic (exact) mass is 305 g/mol. The van der Waals surface area contributed by atoms with Crippen LogP contribution in [0.15, 0.2) is 45.3 Å². The standard InChI is InChI=1S/C14H12BrNO2/c1-9-2-5-11(12(15)8-9)13-6-3-10(18-13)4-7-14(16)17/h2-8H,1H3,(H2,16,17)/b7-4+. The summed E-state index contributed by atoms with van der Waals surface area (Å²) in [6.07, 6.45) is 2.82. The Bertz CT molecular complexity index is 614. The van der Waals surface area contributed by atoms with Gasteiger partial charge in [-0.25, -0.2) is 0 Å². The van der Waals surface area contributed by atoms with Crippen LogP contribution in [0.1, 0.15) is 11.3 Å². The molecule has 0 aliphatic carbocycles. The van der Waals surface area contributed by atoms with Crippen molar-refractivity contribution in [2.24, 2.45) is 5.73 Å². The smallest absolute Gasteiger partial charge is 0.241 e. The van der Waals surface area contributed by atoms with E-state index in [0.717, 1.165) is 15.8 Å². The molecule has 0 aliphatic heterocycles. The van der Waals surface area contributed by atoms with Gasteiger partial charge in [-0.2, -0.15) is 0 Å². The van der Waals surface area contributed by atoms with Crippen LogP contribution in [0, 0.1) is 6.92 Å². The maximum atomic E-state index is 10.6. The molecule has 1 aromatic carbocycles. The van der Waals surface area contributed by atoms with Crippen molar-refractivity contribution in [1.82, 2.24) is 0 Å². The van der Waals surface area contributed by atoms with Gasteiger partial charge in [0.2, 0.25) is 5.91 Å². The molecule has 1 heterocycles. The van der Waals surface area contributed by atoms with Crippen LogP contribution < -0.4 is 5.73 Å². The van der Waals surface area contributed by atoms with Gasteiger partial charge in [0, 0.05) is 16.1 Å². The Labute approximate surface area is 113 Å². The first kappa shape index (κ1) is 12.6. The van der Waals surface area contributed by atoms with E-state index in [1.165, 1.54) is 11.6 Å². The lowest BCUT2D eigenvalue weighted by Gasteiger charge is -2.01. The van der Waals surface area contributed by atoms with Crippen molar-refractivity contribution in [2.75, 3.05) is 0 Å². The van der Waals surface area contributed by atoms with Crippen LogP contribution >= 0.6 is 15.9 Å². The summed E-state index contributed by atoms with van der Waals surface area (Å²) in [5.74, 6) is 0.840. The SMILES string of the molecule is Cc1ccc(-c2ccc(/C=C/C(N)=O)o2)c(Br)c1. The highest BCUT2D eigenvalue weighted by Crippen LogP contribution is 2.30. The summed E-state index contributed by atoms with van der Waals surface area (Å²) in [4.78, 5) is 10.6. The Kier molecular flexibility index (Phi) is 3.67. The van der Waals surface area contributed by atoms with Crippen LogP contribution in [0.2, 0.25) is 0 Å². The second-order valence-corrected chi connectivity index (χ2v) is 4.78. The molecule has 1 amide bonds. The van der Waals surface area contributed by atoms with E-state index in [1.54, 1.807) is 12.1 Å². The molecule has 92 valence electrons. The first-order valence-corrected chi connectivity index (χ1v) is 6.19. The number of halogens is 1. The molecule has 0 aliphatic rings. The lowest BCUT2D eigenvalue weighted by Crippen LogP contribution is -2.04. The van der Waals surface area contributed by atoms with Gasteiger partial charge < -0.3 is 10.2 Å². The molecular weight excluding hydrogens is 294 g/mol. The van der Waals surface area contributed by atoms with E-state index in [1.807, 2.05) is 31.2 Å². The molecule has 1 aromatic heterocycles. The molecule has 0 unspecified atom stereocenters. The van der Waals surface area contributed by atoms with Gasteiger partial charge in [-0.1, -0.05) is 22.0 Å². The van der Waals surface area contributed by atoms with E-state index in [9.17, 15) is 4.79 Å². The fourth-order valence-corrected chi connectivity index (χ4v) is 2.26. The van der Waals surface area contributed by atoms with Crippen molar-refractivity contribution in [2.45, 2.75) is 6.92 Å². The molecule has 18 heavy (non-hydrogen) atoms. The fraction of sp³-hybridized carbons (Fsp3) is 0.0714. The van der Waals surface area contributed by atoms with Gasteiger partial charge in [0.15, 0.2) is 0 Å². The number of amides is 1. The van der Waals surface area contributed by atoms with Crippen LogP contribution in [0.4, 0.5) is 0 Å². The lowest BCUT2D eigenvalue weighted by molar-refractivity contribution is -0.113. The van der Waals surface area contributed by atoms with E-state index < -0.39 is 5.91 Å². The molecule has 0 bridgehead atoms. The number of furan rings is 1. The van der Waals surface area contributed by atoms with Crippen LogP contribution in [0.3, 0.4) is 0 Å². The number of hydrogen-bond acceptors (Lipinski definition) is 2. The summed E-state index contributed by atoms with van der Waals surface area (Å²) in [7, 11) is 0. The largest absolute Gasteiger partial charge is 0.457 e. The average Bonchev–Trinajstić information content (AvgIpc) is 2.75. The van der Waals surface area contributed by atoms with Gasteiger partial charge in [0.05, 0.1) is 0 Å². The predicted molar refractivity (Wildman–Crippen MR) is 74.8 cm³/mol. The molecule has 0 spiro atoms. The molecule has 0 saturated carbocycles. The second kappa shape index (κ2) is 5.23. The lowest BCUT2D eigenvalue weighted by atomic mass is 10.1. The first-order chi connectivity index (χ1) is 8.56. The van der Waals surface area contributed by atoms with Crippen molar-refractivity contribution in [1.29, 1.82) is 0 Å². The zero-order valence-corrected chi connectivity index (χ0v) is 11.4. The van der Waals surface area contributed by atoms with E-state index in [4.69, 9.17) is 10.2 Å². The fourth-order valence-electron chi connectivity index (χ4n) is 1.57. The molecule has 0 radical (unpaired) electrons. The van der Waals surface area contributed by atoms with Crippen molar-refractivity contribution in [3.8, 4) is 11.3 Å². The Hall–Kier alpha value is -1.81. The minimum absolute atomic E-state index is 0.496. The number of nitrogens with two attached hydrogens (primary N) is 1. The third-order valence-corrected chi connectivity index (χ3v) is 3.08. The Balaban J connectivity index is 2.32. The third kappa shape index (κ3) is 2.90. The van der Waals surface area contributed by atoms with E-state index in [2.05, 4.69) is 15.9 Å². The topological polar surface area (TPSA) is 56.2 Å². The first-order valence-electron chi connectivity index (χ1n) is 5.40. The molecular formula is C14H12BrNO2. The number of carbonyl (C=O) groups is 1. The summed E-state index contributed by atoms with van der Waals surface area (Å²) in [6.45, 7) is 2.03. The zero-order chi connectivity index (χ0) is 13.1. The Morgan fingerprint density at radius 3 is 2.78 bits per heavy atom. The van der Waals surface area contributed by atoms with Gasteiger partial charge in [0.1, 0.15) is 11.5 Å². The van der Waals surface area contributed by atoms with E-state index >= 15 is 0 Å². The molecule has 2 N–H and O–H groups in total. The average molecular weight is 306 g/mol. The highest BCUT2D eigenvalue weighted by Gasteiger charge is 2.07. The highest BCUT2D eigenvalue weighted by molar-refractivity contribution is 9.10. The van der Waals surface area contributed by atoms with Crippen LogP contribution in [-0.4, -0.2) is 5.91 Å². The maximum Gasteiger partial charge on any atom is 0.241 e. The Morgan fingerprint density at radius 2 is 2.11 bits per heavy atom. The number of benzene rings is 1. The van der Waals surface area contributed by atoms with Crippen molar-refractivity contribution in [3.05, 3.63) is 52.2 Å². The second-order valence-electron chi connectivity index (χ2n) is 3.92. The van der Waals surface area contributed by atoms with Gasteiger partial charge in [0.25, 0.3) is 0 Å². The molecule has 0 saturated heterocycles. The van der Waals surface area contributed by atoms with Crippen molar-refractivity contribution >= 4 is 27.9 Å². The van der Waals surface area contributed by atoms with E-state index in [-0.39, 0.29) is 0 Å². The number of primary amides is 1. The van der Waals surface area contributed by atoms with Crippen LogP contribution in [-0.2, 0) is 4.79 Å². The summed E-state index contributed by atoms with van der Waals surface area (Å²) in [6, 6.07) is 9.68. The molecule has 0 atom stereocenters. The minimum atomic E-state index is -0.496. The number of rotatable bonds is 3. The van der Waals surface area contributed by atoms with Gasteiger partial charge in [-0.3, -0.25) is 4.79 Å². The quantitative estimate of drug-likeness (QED) is 0.882. The van der Waals surface area contributed by atoms with Gasteiger partial charge >= 0.3 is 0 Å². The van der Waals surface area contributed by atoms with Crippen molar-refractivity contribution in [3.63, 3.8) is 0 Å². The Morgan fingerprint density at radius 1 is 1.33 bits per heavy atom. The van der Waals surface area contributed by atoms with Crippen LogP contribution in [0.5, 0.6) is 0 Å². The molecule has 2 rings (SSSR count). The zero-order valence-electron chi connectivity index (χ0n) is 9.81. The summed E-state index contributed by atoms with van der Waals surface area (Å²) < 4.78 is 6.59. The molecule has 3 nitrogen and oxygen atoms in total. The summed E-state index contributed by atoms with van der Waals surface area (Å²) >= 11 is 3.50. The highest BCUT2D eigenvalue weighted by atomic mass is 79.9. The van der Waals surface area contributed by atoms with Crippen LogP contribution in [0.25, 0.3) is 17.4 Å². The van der Waals surface area contributed by atoms with Gasteiger partial charge in [-0.15, -0.1) is 0 Å². The normalized spacial score (nSPS) is 11.0. The van der Waals surface area contributed by atoms with E-state index in [0.29, 0.717) is 5.76 Å². The third-order valence-electron chi connectivity index (χ3n) is 2.43. The molecule has 0 fully saturated rings. The number of aryl methyl sites for hydroxylation is 1.